The van der Waals surface area contributed by atoms with Gasteiger partial charge >= 0.3 is 0 Å². The molecule has 1 fully saturated rings. The minimum Gasteiger partial charge on any atom is -0.465 e. The Hall–Kier alpha value is -1.59. The molecule has 0 aromatic carbocycles. The van der Waals surface area contributed by atoms with Crippen LogP contribution in [0.2, 0.25) is 0 Å². The zero-order valence-corrected chi connectivity index (χ0v) is 22.1. The van der Waals surface area contributed by atoms with Crippen molar-refractivity contribution >= 4 is 29.9 Å². The van der Waals surface area contributed by atoms with E-state index in [0.29, 0.717) is 19.0 Å². The van der Waals surface area contributed by atoms with E-state index in [4.69, 9.17) is 18.7 Å². The maximum absolute atomic E-state index is 5.96. The van der Waals surface area contributed by atoms with E-state index >= 15 is 0 Å². The maximum Gasteiger partial charge on any atom is 0.191 e. The molecule has 180 valence electrons. The number of guanidine groups is 1. The van der Waals surface area contributed by atoms with Crippen molar-refractivity contribution in [3.05, 3.63) is 41.2 Å². The summed E-state index contributed by atoms with van der Waals surface area (Å²) in [5.74, 6) is 3.87. The molecule has 3 rings (SSSR count). The molecule has 2 aromatic heterocycles. The van der Waals surface area contributed by atoms with Crippen molar-refractivity contribution in [1.29, 1.82) is 0 Å². The third-order valence-electron chi connectivity index (χ3n) is 5.76. The number of nitrogens with one attached hydrogen (secondary N) is 2. The summed E-state index contributed by atoms with van der Waals surface area (Å²) in [7, 11) is 0. The van der Waals surface area contributed by atoms with Gasteiger partial charge in [0.15, 0.2) is 11.7 Å². The zero-order chi connectivity index (χ0) is 22.1. The van der Waals surface area contributed by atoms with Gasteiger partial charge in [0.05, 0.1) is 24.9 Å². The molecule has 0 saturated carbocycles. The lowest BCUT2D eigenvalue weighted by molar-refractivity contribution is 0.0124. The number of nitrogens with zero attached hydrogens (tertiary/aromatic N) is 3. The molecule has 9 heteroatoms. The Bertz CT molecular complexity index is 812. The predicted molar refractivity (Wildman–Crippen MR) is 137 cm³/mol. The number of ether oxygens (including phenoxy) is 1. The van der Waals surface area contributed by atoms with Gasteiger partial charge in [-0.05, 0) is 38.8 Å². The number of morpholine rings is 1. The fraction of sp³-hybridized carbons (Fsp3) is 0.652. The standard InChI is InChI=1S/C23H37N5O3.HI/c1-5-18(6-2)20-14-19(31-27-20)15-25-23(24-7-3)26-16-21(22-9-8-17(4)30-22)28-10-12-29-13-11-28;/h8-9,14,18,21H,5-7,10-13,15-16H2,1-4H3,(H2,24,25,26);1H. The number of halogens is 1. The second kappa shape index (κ2) is 13.8. The predicted octanol–water partition coefficient (Wildman–Crippen LogP) is 4.23. The summed E-state index contributed by atoms with van der Waals surface area (Å²) < 4.78 is 17.0. The van der Waals surface area contributed by atoms with Gasteiger partial charge in [-0.2, -0.15) is 0 Å². The number of hydrogen-bond acceptors (Lipinski definition) is 6. The Morgan fingerprint density at radius 3 is 2.53 bits per heavy atom. The van der Waals surface area contributed by atoms with Crippen LogP contribution in [0.15, 0.2) is 32.1 Å². The number of rotatable bonds is 10. The van der Waals surface area contributed by atoms with Crippen LogP contribution in [0.25, 0.3) is 0 Å². The summed E-state index contributed by atoms with van der Waals surface area (Å²) in [6, 6.07) is 6.24. The van der Waals surface area contributed by atoms with Crippen molar-refractivity contribution in [2.24, 2.45) is 4.99 Å². The van der Waals surface area contributed by atoms with E-state index in [1.807, 2.05) is 19.1 Å². The molecule has 1 aliphatic rings. The summed E-state index contributed by atoms with van der Waals surface area (Å²) in [5.41, 5.74) is 1.02. The number of aryl methyl sites for hydroxylation is 1. The molecule has 2 aromatic rings. The molecule has 1 aliphatic heterocycles. The molecule has 0 radical (unpaired) electrons. The van der Waals surface area contributed by atoms with Gasteiger partial charge < -0.3 is 24.3 Å². The molecule has 0 amide bonds. The van der Waals surface area contributed by atoms with Gasteiger partial charge in [0.1, 0.15) is 18.1 Å². The first-order valence-electron chi connectivity index (χ1n) is 11.5. The quantitative estimate of drug-likeness (QED) is 0.256. The highest BCUT2D eigenvalue weighted by Crippen LogP contribution is 2.24. The van der Waals surface area contributed by atoms with Crippen LogP contribution in [0, 0.1) is 6.92 Å². The summed E-state index contributed by atoms with van der Waals surface area (Å²) in [5, 5.41) is 11.0. The van der Waals surface area contributed by atoms with E-state index in [1.54, 1.807) is 0 Å². The van der Waals surface area contributed by atoms with Crippen LogP contribution in [-0.4, -0.2) is 55.4 Å². The van der Waals surface area contributed by atoms with Crippen LogP contribution in [0.5, 0.6) is 0 Å². The smallest absolute Gasteiger partial charge is 0.191 e. The molecule has 0 spiro atoms. The second-order valence-electron chi connectivity index (χ2n) is 7.92. The maximum atomic E-state index is 5.96. The normalized spacial score (nSPS) is 16.1. The van der Waals surface area contributed by atoms with E-state index in [0.717, 1.165) is 74.6 Å². The average molecular weight is 559 g/mol. The fourth-order valence-electron chi connectivity index (χ4n) is 3.93. The van der Waals surface area contributed by atoms with Crippen molar-refractivity contribution in [1.82, 2.24) is 20.7 Å². The lowest BCUT2D eigenvalue weighted by Gasteiger charge is -2.33. The molecule has 1 saturated heterocycles. The number of aromatic nitrogens is 1. The number of hydrogen-bond donors (Lipinski definition) is 2. The zero-order valence-electron chi connectivity index (χ0n) is 19.7. The highest BCUT2D eigenvalue weighted by Gasteiger charge is 2.25. The third-order valence-corrected chi connectivity index (χ3v) is 5.76. The van der Waals surface area contributed by atoms with Gasteiger partial charge in [0.2, 0.25) is 0 Å². The van der Waals surface area contributed by atoms with Gasteiger partial charge in [-0.1, -0.05) is 19.0 Å². The Balaban J connectivity index is 0.00000363. The fourth-order valence-corrected chi connectivity index (χ4v) is 3.93. The van der Waals surface area contributed by atoms with Crippen LogP contribution in [-0.2, 0) is 11.3 Å². The van der Waals surface area contributed by atoms with Gasteiger partial charge in [0.25, 0.3) is 0 Å². The first kappa shape index (κ1) is 26.7. The molecular weight excluding hydrogens is 521 g/mol. The largest absolute Gasteiger partial charge is 0.465 e. The Kier molecular flexibility index (Phi) is 11.5. The van der Waals surface area contributed by atoms with E-state index in [1.165, 1.54) is 0 Å². The van der Waals surface area contributed by atoms with E-state index in [-0.39, 0.29) is 30.0 Å². The lowest BCUT2D eigenvalue weighted by Crippen LogP contribution is -2.46. The number of furan rings is 1. The minimum atomic E-state index is 0. The SMILES string of the molecule is CCNC(=NCc1cc(C(CC)CC)no1)NCC(c1ccc(C)o1)N1CCOCC1.I. The molecule has 1 unspecified atom stereocenters. The van der Waals surface area contributed by atoms with Gasteiger partial charge in [-0.3, -0.25) is 4.90 Å². The van der Waals surface area contributed by atoms with E-state index < -0.39 is 0 Å². The molecule has 0 aliphatic carbocycles. The van der Waals surface area contributed by atoms with Crippen molar-refractivity contribution in [2.75, 3.05) is 39.4 Å². The number of aliphatic imine (C=N–C) groups is 1. The molecule has 1 atom stereocenters. The summed E-state index contributed by atoms with van der Waals surface area (Å²) in [6.07, 6.45) is 2.12. The summed E-state index contributed by atoms with van der Waals surface area (Å²) >= 11 is 0. The highest BCUT2D eigenvalue weighted by molar-refractivity contribution is 14.0. The van der Waals surface area contributed by atoms with Crippen molar-refractivity contribution in [2.45, 2.75) is 59.0 Å². The first-order valence-corrected chi connectivity index (χ1v) is 11.5. The van der Waals surface area contributed by atoms with Gasteiger partial charge in [-0.25, -0.2) is 4.99 Å². The minimum absolute atomic E-state index is 0. The van der Waals surface area contributed by atoms with Gasteiger partial charge in [0, 0.05) is 38.2 Å². The Morgan fingerprint density at radius 2 is 1.91 bits per heavy atom. The molecule has 3 heterocycles. The Labute approximate surface area is 208 Å². The van der Waals surface area contributed by atoms with Gasteiger partial charge in [-0.15, -0.1) is 24.0 Å². The average Bonchev–Trinajstić information content (AvgIpc) is 3.43. The van der Waals surface area contributed by atoms with Crippen molar-refractivity contribution in [3.8, 4) is 0 Å². The molecule has 32 heavy (non-hydrogen) atoms. The molecule has 0 bridgehead atoms. The molecule has 2 N–H and O–H groups in total. The summed E-state index contributed by atoms with van der Waals surface area (Å²) in [6.45, 7) is 13.6. The molecular formula is C23H38IN5O3. The molecule has 8 nitrogen and oxygen atoms in total. The Morgan fingerprint density at radius 1 is 1.16 bits per heavy atom. The van der Waals surface area contributed by atoms with Crippen LogP contribution in [0.1, 0.15) is 68.5 Å². The second-order valence-corrected chi connectivity index (χ2v) is 7.92. The van der Waals surface area contributed by atoms with Crippen LogP contribution < -0.4 is 10.6 Å². The van der Waals surface area contributed by atoms with Crippen molar-refractivity contribution in [3.63, 3.8) is 0 Å². The summed E-state index contributed by atoms with van der Waals surface area (Å²) in [4.78, 5) is 7.11. The van der Waals surface area contributed by atoms with E-state index in [9.17, 15) is 0 Å². The van der Waals surface area contributed by atoms with Crippen molar-refractivity contribution < 1.29 is 13.7 Å². The highest BCUT2D eigenvalue weighted by atomic mass is 127. The van der Waals surface area contributed by atoms with Crippen LogP contribution in [0.3, 0.4) is 0 Å². The van der Waals surface area contributed by atoms with Crippen LogP contribution >= 0.6 is 24.0 Å². The third kappa shape index (κ3) is 7.48. The lowest BCUT2D eigenvalue weighted by atomic mass is 9.99. The first-order chi connectivity index (χ1) is 15.1. The topological polar surface area (TPSA) is 88.1 Å². The van der Waals surface area contributed by atoms with Crippen LogP contribution in [0.4, 0.5) is 0 Å². The monoisotopic (exact) mass is 559 g/mol. The van der Waals surface area contributed by atoms with E-state index in [2.05, 4.69) is 47.5 Å².